The van der Waals surface area contributed by atoms with Crippen LogP contribution >= 0.6 is 0 Å². The molecular weight excluding hydrogens is 266 g/mol. The van der Waals surface area contributed by atoms with E-state index in [1.54, 1.807) is 24.3 Å². The first-order chi connectivity index (χ1) is 9.99. The zero-order valence-electron chi connectivity index (χ0n) is 11.5. The summed E-state index contributed by atoms with van der Waals surface area (Å²) in [6.07, 6.45) is 0.0797. The fourth-order valence-electron chi connectivity index (χ4n) is 2.22. The quantitative estimate of drug-likeness (QED) is 0.769. The molecule has 2 rings (SSSR count). The van der Waals surface area contributed by atoms with Gasteiger partial charge in [-0.05, 0) is 28.8 Å². The van der Waals surface area contributed by atoms with E-state index in [1.807, 2.05) is 24.3 Å². The molecule has 2 amide bonds. The predicted molar refractivity (Wildman–Crippen MR) is 81.1 cm³/mol. The van der Waals surface area contributed by atoms with E-state index in [-0.39, 0.29) is 6.42 Å². The van der Waals surface area contributed by atoms with Crippen molar-refractivity contribution in [2.24, 2.45) is 17.2 Å². The molecule has 0 aromatic heterocycles. The minimum atomic E-state index is -0.472. The number of rotatable bonds is 5. The Labute approximate surface area is 122 Å². The molecule has 5 heteroatoms. The smallest absolute Gasteiger partial charge is 0.248 e. The summed E-state index contributed by atoms with van der Waals surface area (Å²) in [5.41, 5.74) is 19.5. The van der Waals surface area contributed by atoms with Crippen LogP contribution in [0.15, 0.2) is 48.5 Å². The van der Waals surface area contributed by atoms with Crippen molar-refractivity contribution in [3.63, 3.8) is 0 Å². The molecule has 0 saturated carbocycles. The number of amides is 2. The van der Waals surface area contributed by atoms with E-state index in [4.69, 9.17) is 17.2 Å². The largest absolute Gasteiger partial charge is 0.370 e. The molecule has 2 aromatic rings. The fourth-order valence-corrected chi connectivity index (χ4v) is 2.22. The van der Waals surface area contributed by atoms with Gasteiger partial charge in [-0.3, -0.25) is 9.59 Å². The molecule has 1 atom stereocenters. The molecule has 0 aliphatic carbocycles. The van der Waals surface area contributed by atoms with Gasteiger partial charge in [0.25, 0.3) is 0 Å². The number of benzene rings is 2. The van der Waals surface area contributed by atoms with Crippen molar-refractivity contribution >= 4 is 11.8 Å². The van der Waals surface area contributed by atoms with E-state index < -0.39 is 17.9 Å². The molecule has 108 valence electrons. The van der Waals surface area contributed by atoms with Crippen LogP contribution in [0.4, 0.5) is 0 Å². The Balaban J connectivity index is 2.39. The first-order valence-electron chi connectivity index (χ1n) is 6.52. The maximum Gasteiger partial charge on any atom is 0.248 e. The standard InChI is InChI=1S/C16H17N3O2/c17-14(9-15(18)20)13-4-2-1-3-12(13)10-5-7-11(8-6-10)16(19)21/h1-8,14H,9,17H2,(H2,18,20)(H2,19,21). The lowest BCUT2D eigenvalue weighted by molar-refractivity contribution is -0.118. The summed E-state index contributed by atoms with van der Waals surface area (Å²) in [4.78, 5) is 22.1. The number of carbonyl (C=O) groups excluding carboxylic acids is 2. The molecule has 1 unspecified atom stereocenters. The molecule has 0 radical (unpaired) electrons. The van der Waals surface area contributed by atoms with Gasteiger partial charge in [-0.2, -0.15) is 0 Å². The second kappa shape index (κ2) is 6.19. The molecule has 0 heterocycles. The minimum Gasteiger partial charge on any atom is -0.370 e. The molecule has 6 N–H and O–H groups in total. The van der Waals surface area contributed by atoms with Crippen LogP contribution < -0.4 is 17.2 Å². The molecule has 0 aliphatic heterocycles. The van der Waals surface area contributed by atoms with Gasteiger partial charge in [0, 0.05) is 18.0 Å². The molecule has 0 bridgehead atoms. The maximum atomic E-state index is 11.1. The van der Waals surface area contributed by atoms with E-state index in [2.05, 4.69) is 0 Å². The molecule has 0 saturated heterocycles. The molecule has 0 fully saturated rings. The van der Waals surface area contributed by atoms with Crippen LogP contribution in [0, 0.1) is 0 Å². The summed E-state index contributed by atoms with van der Waals surface area (Å²) in [7, 11) is 0. The van der Waals surface area contributed by atoms with Crippen molar-refractivity contribution in [3.05, 3.63) is 59.7 Å². The SMILES string of the molecule is NC(=O)CC(N)c1ccccc1-c1ccc(C(N)=O)cc1. The van der Waals surface area contributed by atoms with Crippen molar-refractivity contribution in [1.29, 1.82) is 0 Å². The normalized spacial score (nSPS) is 11.9. The van der Waals surface area contributed by atoms with Crippen molar-refractivity contribution in [1.82, 2.24) is 0 Å². The Bertz CT molecular complexity index is 665. The Kier molecular flexibility index (Phi) is 4.35. The molecule has 5 nitrogen and oxygen atoms in total. The number of hydrogen-bond donors (Lipinski definition) is 3. The summed E-state index contributed by atoms with van der Waals surface area (Å²) in [5, 5.41) is 0. The van der Waals surface area contributed by atoms with E-state index >= 15 is 0 Å². The monoisotopic (exact) mass is 283 g/mol. The van der Waals surface area contributed by atoms with Crippen LogP contribution in [0.3, 0.4) is 0 Å². The second-order valence-corrected chi connectivity index (χ2v) is 4.81. The second-order valence-electron chi connectivity index (χ2n) is 4.81. The van der Waals surface area contributed by atoms with Crippen molar-refractivity contribution < 1.29 is 9.59 Å². The van der Waals surface area contributed by atoms with Gasteiger partial charge >= 0.3 is 0 Å². The lowest BCUT2D eigenvalue weighted by Gasteiger charge is -2.15. The molecule has 21 heavy (non-hydrogen) atoms. The number of nitrogens with two attached hydrogens (primary N) is 3. The Morgan fingerprint density at radius 2 is 1.57 bits per heavy atom. The summed E-state index contributed by atoms with van der Waals surface area (Å²) < 4.78 is 0. The van der Waals surface area contributed by atoms with Crippen LogP contribution in [-0.2, 0) is 4.79 Å². The van der Waals surface area contributed by atoms with Crippen molar-refractivity contribution in [2.45, 2.75) is 12.5 Å². The van der Waals surface area contributed by atoms with Crippen LogP contribution in [0.2, 0.25) is 0 Å². The van der Waals surface area contributed by atoms with Gasteiger partial charge < -0.3 is 17.2 Å². The summed E-state index contributed by atoms with van der Waals surface area (Å²) in [5.74, 6) is -0.915. The zero-order valence-corrected chi connectivity index (χ0v) is 11.5. The third-order valence-corrected chi connectivity index (χ3v) is 3.26. The number of hydrogen-bond acceptors (Lipinski definition) is 3. The lowest BCUT2D eigenvalue weighted by atomic mass is 9.93. The predicted octanol–water partition coefficient (Wildman–Crippen LogP) is 1.33. The Morgan fingerprint density at radius 3 is 2.14 bits per heavy atom. The van der Waals surface area contributed by atoms with E-state index in [0.29, 0.717) is 5.56 Å². The van der Waals surface area contributed by atoms with Crippen molar-refractivity contribution in [3.8, 4) is 11.1 Å². The van der Waals surface area contributed by atoms with Gasteiger partial charge in [0.2, 0.25) is 11.8 Å². The highest BCUT2D eigenvalue weighted by Gasteiger charge is 2.14. The molecular formula is C16H17N3O2. The molecule has 0 aliphatic rings. The van der Waals surface area contributed by atoms with Crippen molar-refractivity contribution in [2.75, 3.05) is 0 Å². The van der Waals surface area contributed by atoms with Gasteiger partial charge in [0.15, 0.2) is 0 Å². The Morgan fingerprint density at radius 1 is 0.952 bits per heavy atom. The van der Waals surface area contributed by atoms with Crippen LogP contribution in [0.25, 0.3) is 11.1 Å². The minimum absolute atomic E-state index is 0.0797. The third-order valence-electron chi connectivity index (χ3n) is 3.26. The summed E-state index contributed by atoms with van der Waals surface area (Å²) >= 11 is 0. The molecule has 0 spiro atoms. The average Bonchev–Trinajstić information content (AvgIpc) is 2.46. The van der Waals surface area contributed by atoms with Gasteiger partial charge in [-0.1, -0.05) is 36.4 Å². The first kappa shape index (κ1) is 14.7. The molecule has 2 aromatic carbocycles. The van der Waals surface area contributed by atoms with Crippen LogP contribution in [0.5, 0.6) is 0 Å². The first-order valence-corrected chi connectivity index (χ1v) is 6.52. The van der Waals surface area contributed by atoms with Crippen LogP contribution in [0.1, 0.15) is 28.4 Å². The summed E-state index contributed by atoms with van der Waals surface area (Å²) in [6, 6.07) is 14.0. The fraction of sp³-hybridized carbons (Fsp3) is 0.125. The highest BCUT2D eigenvalue weighted by atomic mass is 16.1. The lowest BCUT2D eigenvalue weighted by Crippen LogP contribution is -2.21. The van der Waals surface area contributed by atoms with E-state index in [1.165, 1.54) is 0 Å². The van der Waals surface area contributed by atoms with Gasteiger partial charge in [-0.15, -0.1) is 0 Å². The topological polar surface area (TPSA) is 112 Å². The summed E-state index contributed by atoms with van der Waals surface area (Å²) in [6.45, 7) is 0. The number of primary amides is 2. The van der Waals surface area contributed by atoms with E-state index in [0.717, 1.165) is 16.7 Å². The maximum absolute atomic E-state index is 11.1. The average molecular weight is 283 g/mol. The highest BCUT2D eigenvalue weighted by molar-refractivity contribution is 5.93. The van der Waals surface area contributed by atoms with Crippen LogP contribution in [-0.4, -0.2) is 11.8 Å². The zero-order chi connectivity index (χ0) is 15.4. The van der Waals surface area contributed by atoms with Gasteiger partial charge in [-0.25, -0.2) is 0 Å². The Hall–Kier alpha value is -2.66. The van der Waals surface area contributed by atoms with E-state index in [9.17, 15) is 9.59 Å². The number of carbonyl (C=O) groups is 2. The van der Waals surface area contributed by atoms with Gasteiger partial charge in [0.05, 0.1) is 0 Å². The van der Waals surface area contributed by atoms with Gasteiger partial charge in [0.1, 0.15) is 0 Å². The third kappa shape index (κ3) is 3.46. The highest BCUT2D eigenvalue weighted by Crippen LogP contribution is 2.28.